The molecule has 0 aromatic heterocycles. The van der Waals surface area contributed by atoms with Gasteiger partial charge in [-0.2, -0.15) is 0 Å². The molecule has 17 heavy (non-hydrogen) atoms. The summed E-state index contributed by atoms with van der Waals surface area (Å²) < 4.78 is 4.60. The lowest BCUT2D eigenvalue weighted by Crippen LogP contribution is -2.54. The molecule has 0 aromatic rings. The van der Waals surface area contributed by atoms with Crippen LogP contribution >= 0.6 is 0 Å². The molecule has 1 fully saturated rings. The van der Waals surface area contributed by atoms with Gasteiger partial charge in [0.2, 0.25) is 5.91 Å². The van der Waals surface area contributed by atoms with Crippen LogP contribution in [0.2, 0.25) is 0 Å². The topological polar surface area (TPSA) is 95.9 Å². The predicted molar refractivity (Wildman–Crippen MR) is 57.3 cm³/mol. The molecule has 2 N–H and O–H groups in total. The van der Waals surface area contributed by atoms with Gasteiger partial charge in [0, 0.05) is 13.0 Å². The van der Waals surface area contributed by atoms with E-state index in [1.54, 1.807) is 0 Å². The maximum Gasteiger partial charge on any atom is 0.408 e. The van der Waals surface area contributed by atoms with Crippen molar-refractivity contribution < 1.29 is 24.2 Å². The molecular formula is C10H14N2O5. The van der Waals surface area contributed by atoms with E-state index in [1.165, 1.54) is 11.0 Å². The second-order valence-corrected chi connectivity index (χ2v) is 3.51. The molecule has 2 amide bonds. The highest BCUT2D eigenvalue weighted by Crippen LogP contribution is 2.08. The van der Waals surface area contributed by atoms with Gasteiger partial charge in [0.25, 0.3) is 0 Å². The summed E-state index contributed by atoms with van der Waals surface area (Å²) in [5.74, 6) is -1.32. The van der Waals surface area contributed by atoms with Crippen molar-refractivity contribution in [3.63, 3.8) is 0 Å². The third-order valence-corrected chi connectivity index (χ3v) is 2.27. The Labute approximate surface area is 98.0 Å². The zero-order valence-corrected chi connectivity index (χ0v) is 9.22. The number of carbonyl (C=O) groups excluding carboxylic acids is 2. The lowest BCUT2D eigenvalue weighted by molar-refractivity contribution is -0.144. The number of hydrogen-bond donors (Lipinski definition) is 2. The van der Waals surface area contributed by atoms with Crippen LogP contribution < -0.4 is 5.32 Å². The highest BCUT2D eigenvalue weighted by atomic mass is 16.5. The Morgan fingerprint density at radius 2 is 2.35 bits per heavy atom. The molecule has 1 atom stereocenters. The largest absolute Gasteiger partial charge is 0.480 e. The lowest BCUT2D eigenvalue weighted by atomic mass is 10.1. The number of carboxylic acid groups (broad SMARTS) is 1. The maximum atomic E-state index is 11.1. The average molecular weight is 242 g/mol. The van der Waals surface area contributed by atoms with Gasteiger partial charge in [-0.3, -0.25) is 4.79 Å². The summed E-state index contributed by atoms with van der Waals surface area (Å²) in [6.07, 6.45) is 0.951. The van der Waals surface area contributed by atoms with Gasteiger partial charge in [0.05, 0.1) is 6.54 Å². The molecule has 7 heteroatoms. The second kappa shape index (κ2) is 5.88. The van der Waals surface area contributed by atoms with E-state index >= 15 is 0 Å². The van der Waals surface area contributed by atoms with Crippen LogP contribution in [0, 0.1) is 0 Å². The highest BCUT2D eigenvalue weighted by molar-refractivity contribution is 5.84. The molecule has 1 aliphatic heterocycles. The Morgan fingerprint density at radius 1 is 1.65 bits per heavy atom. The average Bonchev–Trinajstić information content (AvgIpc) is 2.29. The maximum absolute atomic E-state index is 11.1. The van der Waals surface area contributed by atoms with E-state index in [-0.39, 0.29) is 19.1 Å². The second-order valence-electron chi connectivity index (χ2n) is 3.51. The van der Waals surface area contributed by atoms with Crippen LogP contribution in [0.5, 0.6) is 0 Å². The van der Waals surface area contributed by atoms with Gasteiger partial charge in [-0.1, -0.05) is 12.7 Å². The highest BCUT2D eigenvalue weighted by Gasteiger charge is 2.30. The summed E-state index contributed by atoms with van der Waals surface area (Å²) in [6.45, 7) is 3.83. The predicted octanol–water partition coefficient (Wildman–Crippen LogP) is -0.416. The number of β-lactam (4-membered cyclic amide) rings is 1. The molecule has 1 rings (SSSR count). The van der Waals surface area contributed by atoms with E-state index in [4.69, 9.17) is 5.11 Å². The molecule has 1 heterocycles. The summed E-state index contributed by atoms with van der Waals surface area (Å²) in [5.41, 5.74) is 0. The lowest BCUT2D eigenvalue weighted by Gasteiger charge is -2.32. The Balaban J connectivity index is 2.42. The smallest absolute Gasteiger partial charge is 0.408 e. The number of ether oxygens (including phenoxy) is 1. The fourth-order valence-corrected chi connectivity index (χ4v) is 1.28. The van der Waals surface area contributed by atoms with Crippen molar-refractivity contribution in [2.24, 2.45) is 0 Å². The summed E-state index contributed by atoms with van der Waals surface area (Å²) in [5, 5.41) is 11.0. The number of hydrogen-bond acceptors (Lipinski definition) is 4. The number of carboxylic acids is 1. The monoisotopic (exact) mass is 242 g/mol. The molecule has 0 radical (unpaired) electrons. The van der Waals surface area contributed by atoms with E-state index in [2.05, 4.69) is 16.6 Å². The standard InChI is InChI=1S/C10H14N2O5/c1-2-5-17-10(16)11-7(9(14)15)6-12-4-3-8(12)13/h2,7H,1,3-6H2,(H,11,16)(H,14,15)/t7-/m1/s1. The van der Waals surface area contributed by atoms with Crippen LogP contribution in [0.3, 0.4) is 0 Å². The molecule has 1 saturated heterocycles. The van der Waals surface area contributed by atoms with E-state index in [9.17, 15) is 14.4 Å². The molecular weight excluding hydrogens is 228 g/mol. The first-order chi connectivity index (χ1) is 8.04. The van der Waals surface area contributed by atoms with Crippen LogP contribution in [-0.2, 0) is 14.3 Å². The van der Waals surface area contributed by atoms with Crippen LogP contribution in [-0.4, -0.2) is 53.7 Å². The number of likely N-dealkylation sites (tertiary alicyclic amines) is 1. The van der Waals surface area contributed by atoms with Crippen molar-refractivity contribution in [2.45, 2.75) is 12.5 Å². The molecule has 0 bridgehead atoms. The van der Waals surface area contributed by atoms with Crippen molar-refractivity contribution in [2.75, 3.05) is 19.7 Å². The van der Waals surface area contributed by atoms with Crippen LogP contribution in [0.4, 0.5) is 4.79 Å². The number of amides is 2. The summed E-state index contributed by atoms with van der Waals surface area (Å²) in [4.78, 5) is 34.4. The van der Waals surface area contributed by atoms with E-state index in [0.717, 1.165) is 0 Å². The first-order valence-corrected chi connectivity index (χ1v) is 5.09. The van der Waals surface area contributed by atoms with Gasteiger partial charge in [-0.25, -0.2) is 9.59 Å². The minimum absolute atomic E-state index is 0.000811. The first-order valence-electron chi connectivity index (χ1n) is 5.09. The molecule has 1 aliphatic rings. The molecule has 0 aromatic carbocycles. The zero-order chi connectivity index (χ0) is 12.8. The number of rotatable bonds is 6. The van der Waals surface area contributed by atoms with Crippen LogP contribution in [0.15, 0.2) is 12.7 Å². The summed E-state index contributed by atoms with van der Waals surface area (Å²) >= 11 is 0. The number of alkyl carbamates (subject to hydrolysis) is 1. The van der Waals surface area contributed by atoms with Gasteiger partial charge in [0.1, 0.15) is 12.6 Å². The van der Waals surface area contributed by atoms with Crippen molar-refractivity contribution in [1.82, 2.24) is 10.2 Å². The van der Waals surface area contributed by atoms with E-state index in [0.29, 0.717) is 13.0 Å². The molecule has 0 unspecified atom stereocenters. The number of nitrogens with zero attached hydrogens (tertiary/aromatic N) is 1. The Bertz CT molecular complexity index is 342. The third kappa shape index (κ3) is 3.78. The fourth-order valence-electron chi connectivity index (χ4n) is 1.28. The van der Waals surface area contributed by atoms with E-state index in [1.807, 2.05) is 0 Å². The molecule has 7 nitrogen and oxygen atoms in total. The normalized spacial score (nSPS) is 15.8. The Morgan fingerprint density at radius 3 is 2.76 bits per heavy atom. The number of nitrogens with one attached hydrogen (secondary N) is 1. The quantitative estimate of drug-likeness (QED) is 0.487. The van der Waals surface area contributed by atoms with Crippen molar-refractivity contribution >= 4 is 18.0 Å². The van der Waals surface area contributed by atoms with Crippen molar-refractivity contribution in [1.29, 1.82) is 0 Å². The Hall–Kier alpha value is -2.05. The van der Waals surface area contributed by atoms with E-state index < -0.39 is 18.1 Å². The molecule has 0 saturated carbocycles. The van der Waals surface area contributed by atoms with Crippen molar-refractivity contribution in [3.8, 4) is 0 Å². The molecule has 0 aliphatic carbocycles. The summed E-state index contributed by atoms with van der Waals surface area (Å²) in [6, 6.07) is -1.16. The van der Waals surface area contributed by atoms with Gasteiger partial charge in [-0.05, 0) is 0 Å². The minimum atomic E-state index is -1.21. The van der Waals surface area contributed by atoms with Gasteiger partial charge in [-0.15, -0.1) is 0 Å². The van der Waals surface area contributed by atoms with Crippen LogP contribution in [0.25, 0.3) is 0 Å². The van der Waals surface area contributed by atoms with Gasteiger partial charge < -0.3 is 20.1 Å². The number of carbonyl (C=O) groups is 3. The third-order valence-electron chi connectivity index (χ3n) is 2.27. The zero-order valence-electron chi connectivity index (χ0n) is 9.22. The summed E-state index contributed by atoms with van der Waals surface area (Å²) in [7, 11) is 0. The minimum Gasteiger partial charge on any atom is -0.480 e. The van der Waals surface area contributed by atoms with Crippen LogP contribution in [0.1, 0.15) is 6.42 Å². The Kier molecular flexibility index (Phi) is 4.50. The number of aliphatic carboxylic acids is 1. The first kappa shape index (κ1) is 13.0. The van der Waals surface area contributed by atoms with Gasteiger partial charge >= 0.3 is 12.1 Å². The van der Waals surface area contributed by atoms with Gasteiger partial charge in [0.15, 0.2) is 0 Å². The SMILES string of the molecule is C=CCOC(=O)N[C@H](CN1CCC1=O)C(=O)O. The van der Waals surface area contributed by atoms with Crippen molar-refractivity contribution in [3.05, 3.63) is 12.7 Å². The molecule has 94 valence electrons. The molecule has 0 spiro atoms. The fraction of sp³-hybridized carbons (Fsp3) is 0.500.